The summed E-state index contributed by atoms with van der Waals surface area (Å²) in [6, 6.07) is 13.1. The zero-order valence-electron chi connectivity index (χ0n) is 15.9. The third-order valence-corrected chi connectivity index (χ3v) is 5.57. The number of nitrogens with one attached hydrogen (secondary N) is 1. The number of thiazole rings is 1. The van der Waals surface area contributed by atoms with Gasteiger partial charge in [0, 0.05) is 15.4 Å². The molecule has 0 aliphatic rings. The summed E-state index contributed by atoms with van der Waals surface area (Å²) >= 11 is 4.84. The number of hydrogen-bond donors (Lipinski definition) is 1. The lowest BCUT2D eigenvalue weighted by atomic mass is 10.2. The number of amides is 1. The number of nitrogens with zero attached hydrogens (tertiary/aromatic N) is 1. The molecular weight excluding hydrogens is 456 g/mol. The summed E-state index contributed by atoms with van der Waals surface area (Å²) in [6.45, 7) is 1.60. The van der Waals surface area contributed by atoms with Crippen molar-refractivity contribution in [3.05, 3.63) is 63.6 Å². The molecule has 0 unspecified atom stereocenters. The van der Waals surface area contributed by atoms with Crippen molar-refractivity contribution in [2.24, 2.45) is 0 Å². The van der Waals surface area contributed by atoms with Gasteiger partial charge in [-0.3, -0.25) is 9.59 Å². The van der Waals surface area contributed by atoms with E-state index in [1.165, 1.54) is 11.3 Å². The molecule has 1 heterocycles. The van der Waals surface area contributed by atoms with E-state index in [4.69, 9.17) is 9.47 Å². The molecule has 1 aromatic heterocycles. The number of carbonyl (C=O) groups is 2. The standard InChI is InChI=1S/C21H19BrN2O4S/c1-13-3-8-18(17(22)9-13)24-19(25)11-28-20(26)10-15-12-29-21(23-15)14-4-6-16(27-2)7-5-14/h3-9,12H,10-11H2,1-2H3,(H,24,25). The molecule has 8 heteroatoms. The maximum absolute atomic E-state index is 12.0. The highest BCUT2D eigenvalue weighted by molar-refractivity contribution is 9.10. The van der Waals surface area contributed by atoms with Gasteiger partial charge in [-0.15, -0.1) is 11.3 Å². The number of carbonyl (C=O) groups excluding carboxylic acids is 2. The Morgan fingerprint density at radius 3 is 2.62 bits per heavy atom. The molecule has 6 nitrogen and oxygen atoms in total. The molecule has 1 N–H and O–H groups in total. The van der Waals surface area contributed by atoms with Crippen molar-refractivity contribution in [3.8, 4) is 16.3 Å². The van der Waals surface area contributed by atoms with E-state index < -0.39 is 11.9 Å². The minimum absolute atomic E-state index is 0.00810. The second-order valence-corrected chi connectivity index (χ2v) is 7.95. The Labute approximate surface area is 181 Å². The molecule has 3 rings (SSSR count). The number of esters is 1. The van der Waals surface area contributed by atoms with E-state index >= 15 is 0 Å². The smallest absolute Gasteiger partial charge is 0.312 e. The number of ether oxygens (including phenoxy) is 2. The predicted molar refractivity (Wildman–Crippen MR) is 116 cm³/mol. The first-order valence-corrected chi connectivity index (χ1v) is 10.4. The fourth-order valence-corrected chi connectivity index (χ4v) is 3.93. The highest BCUT2D eigenvalue weighted by atomic mass is 79.9. The molecule has 0 bridgehead atoms. The number of hydrogen-bond acceptors (Lipinski definition) is 6. The van der Waals surface area contributed by atoms with Gasteiger partial charge in [-0.2, -0.15) is 0 Å². The molecule has 3 aromatic rings. The van der Waals surface area contributed by atoms with Crippen LogP contribution in [0.1, 0.15) is 11.3 Å². The van der Waals surface area contributed by atoms with Crippen LogP contribution >= 0.6 is 27.3 Å². The van der Waals surface area contributed by atoms with Crippen LogP contribution < -0.4 is 10.1 Å². The van der Waals surface area contributed by atoms with E-state index in [2.05, 4.69) is 26.2 Å². The minimum Gasteiger partial charge on any atom is -0.497 e. The van der Waals surface area contributed by atoms with Gasteiger partial charge in [0.1, 0.15) is 10.8 Å². The zero-order valence-corrected chi connectivity index (χ0v) is 18.3. The Morgan fingerprint density at radius 2 is 1.93 bits per heavy atom. The van der Waals surface area contributed by atoms with Crippen molar-refractivity contribution in [2.75, 3.05) is 19.0 Å². The van der Waals surface area contributed by atoms with Gasteiger partial charge >= 0.3 is 5.97 Å². The molecule has 0 atom stereocenters. The van der Waals surface area contributed by atoms with Crippen LogP contribution in [0.3, 0.4) is 0 Å². The van der Waals surface area contributed by atoms with Gasteiger partial charge in [0.25, 0.3) is 5.91 Å². The van der Waals surface area contributed by atoms with Crippen LogP contribution in [-0.2, 0) is 20.7 Å². The topological polar surface area (TPSA) is 77.5 Å². The molecule has 0 aliphatic heterocycles. The van der Waals surface area contributed by atoms with Gasteiger partial charge in [0.2, 0.25) is 0 Å². The first kappa shape index (κ1) is 21.0. The Kier molecular flexibility index (Phi) is 7.00. The summed E-state index contributed by atoms with van der Waals surface area (Å²) in [5, 5.41) is 5.32. The fourth-order valence-electron chi connectivity index (χ4n) is 2.51. The molecule has 0 fully saturated rings. The van der Waals surface area contributed by atoms with Crippen LogP contribution in [0.4, 0.5) is 5.69 Å². The van der Waals surface area contributed by atoms with E-state index in [1.807, 2.05) is 48.7 Å². The van der Waals surface area contributed by atoms with E-state index in [0.717, 1.165) is 26.4 Å². The predicted octanol–water partition coefficient (Wildman–Crippen LogP) is 4.61. The minimum atomic E-state index is -0.505. The fraction of sp³-hybridized carbons (Fsp3) is 0.190. The summed E-state index contributed by atoms with van der Waals surface area (Å²) in [5.41, 5.74) is 3.24. The first-order valence-electron chi connectivity index (χ1n) is 8.75. The number of halogens is 1. The molecule has 0 saturated heterocycles. The number of aryl methyl sites for hydroxylation is 1. The number of methoxy groups -OCH3 is 1. The summed E-state index contributed by atoms with van der Waals surface area (Å²) in [7, 11) is 1.61. The van der Waals surface area contributed by atoms with Gasteiger partial charge < -0.3 is 14.8 Å². The number of benzene rings is 2. The van der Waals surface area contributed by atoms with Gasteiger partial charge in [-0.05, 0) is 64.8 Å². The van der Waals surface area contributed by atoms with Crippen LogP contribution in [-0.4, -0.2) is 30.6 Å². The SMILES string of the molecule is COc1ccc(-c2nc(CC(=O)OCC(=O)Nc3ccc(C)cc3Br)cs2)cc1. The maximum Gasteiger partial charge on any atom is 0.312 e. The molecule has 29 heavy (non-hydrogen) atoms. The highest BCUT2D eigenvalue weighted by Gasteiger charge is 2.13. The van der Waals surface area contributed by atoms with Gasteiger partial charge in [0.15, 0.2) is 6.61 Å². The number of aromatic nitrogens is 1. The Balaban J connectivity index is 1.50. The molecule has 1 amide bonds. The monoisotopic (exact) mass is 474 g/mol. The molecule has 0 aliphatic carbocycles. The van der Waals surface area contributed by atoms with Crippen molar-refractivity contribution < 1.29 is 19.1 Å². The molecule has 0 spiro atoms. The largest absolute Gasteiger partial charge is 0.497 e. The van der Waals surface area contributed by atoms with E-state index in [-0.39, 0.29) is 13.0 Å². The summed E-state index contributed by atoms with van der Waals surface area (Å²) < 4.78 is 11.0. The third-order valence-electron chi connectivity index (χ3n) is 3.98. The van der Waals surface area contributed by atoms with Crippen molar-refractivity contribution in [3.63, 3.8) is 0 Å². The Bertz CT molecular complexity index is 1020. The molecular formula is C21H19BrN2O4S. The third kappa shape index (κ3) is 5.88. The van der Waals surface area contributed by atoms with E-state index in [0.29, 0.717) is 11.4 Å². The Hall–Kier alpha value is -2.71. The average molecular weight is 475 g/mol. The van der Waals surface area contributed by atoms with Crippen molar-refractivity contribution in [1.29, 1.82) is 0 Å². The van der Waals surface area contributed by atoms with Gasteiger partial charge in [-0.1, -0.05) is 6.07 Å². The van der Waals surface area contributed by atoms with Crippen LogP contribution in [0, 0.1) is 6.92 Å². The second-order valence-electron chi connectivity index (χ2n) is 6.24. The van der Waals surface area contributed by atoms with Crippen molar-refractivity contribution in [2.45, 2.75) is 13.3 Å². The van der Waals surface area contributed by atoms with Crippen LogP contribution in [0.5, 0.6) is 5.75 Å². The Morgan fingerprint density at radius 1 is 1.17 bits per heavy atom. The lowest BCUT2D eigenvalue weighted by Gasteiger charge is -2.08. The zero-order chi connectivity index (χ0) is 20.8. The van der Waals surface area contributed by atoms with Gasteiger partial charge in [0.05, 0.1) is 24.9 Å². The first-order chi connectivity index (χ1) is 13.9. The number of anilines is 1. The van der Waals surface area contributed by atoms with Crippen LogP contribution in [0.15, 0.2) is 52.3 Å². The van der Waals surface area contributed by atoms with E-state index in [9.17, 15) is 9.59 Å². The highest BCUT2D eigenvalue weighted by Crippen LogP contribution is 2.26. The second kappa shape index (κ2) is 9.67. The van der Waals surface area contributed by atoms with Crippen LogP contribution in [0.25, 0.3) is 10.6 Å². The quantitative estimate of drug-likeness (QED) is 0.505. The average Bonchev–Trinajstić information content (AvgIpc) is 3.17. The van der Waals surface area contributed by atoms with Crippen LogP contribution in [0.2, 0.25) is 0 Å². The van der Waals surface area contributed by atoms with Crippen molar-refractivity contribution >= 4 is 44.8 Å². The lowest BCUT2D eigenvalue weighted by molar-refractivity contribution is -0.146. The van der Waals surface area contributed by atoms with E-state index in [1.54, 1.807) is 13.2 Å². The normalized spacial score (nSPS) is 10.4. The molecule has 2 aromatic carbocycles. The summed E-state index contributed by atoms with van der Waals surface area (Å²) in [5.74, 6) is -0.139. The molecule has 0 radical (unpaired) electrons. The number of rotatable bonds is 7. The molecule has 150 valence electrons. The van der Waals surface area contributed by atoms with Gasteiger partial charge in [-0.25, -0.2) is 4.98 Å². The summed E-state index contributed by atoms with van der Waals surface area (Å²) in [4.78, 5) is 28.5. The lowest BCUT2D eigenvalue weighted by Crippen LogP contribution is -2.21. The molecule has 0 saturated carbocycles. The van der Waals surface area contributed by atoms with Crippen molar-refractivity contribution in [1.82, 2.24) is 4.98 Å². The summed E-state index contributed by atoms with van der Waals surface area (Å²) in [6.07, 6.45) is 0.00810. The maximum atomic E-state index is 12.0.